The fourth-order valence-electron chi connectivity index (χ4n) is 3.36. The molecular formula is C23H35I3O3. The van der Waals surface area contributed by atoms with E-state index in [1.54, 1.807) is 0 Å². The number of carboxylic acid groups (broad SMARTS) is 1. The van der Waals surface area contributed by atoms with Crippen molar-refractivity contribution in [2.24, 2.45) is 0 Å². The van der Waals surface area contributed by atoms with Crippen molar-refractivity contribution in [1.82, 2.24) is 0 Å². The second kappa shape index (κ2) is 17.3. The molecule has 0 aliphatic heterocycles. The number of benzene rings is 1. The van der Waals surface area contributed by atoms with Crippen molar-refractivity contribution in [3.63, 3.8) is 0 Å². The van der Waals surface area contributed by atoms with E-state index in [0.717, 1.165) is 23.6 Å². The van der Waals surface area contributed by atoms with Gasteiger partial charge in [-0.15, -0.1) is 0 Å². The lowest BCUT2D eigenvalue weighted by Gasteiger charge is -2.17. The van der Waals surface area contributed by atoms with Crippen LogP contribution in [0.1, 0.15) is 96.8 Å². The average Bonchev–Trinajstić information content (AvgIpc) is 2.66. The van der Waals surface area contributed by atoms with E-state index >= 15 is 0 Å². The van der Waals surface area contributed by atoms with Gasteiger partial charge in [0.2, 0.25) is 0 Å². The lowest BCUT2D eigenvalue weighted by molar-refractivity contribution is -0.145. The van der Waals surface area contributed by atoms with E-state index in [1.807, 2.05) is 12.1 Å². The van der Waals surface area contributed by atoms with Crippen LogP contribution in [0, 0.1) is 10.7 Å². The van der Waals surface area contributed by atoms with Crippen LogP contribution in [-0.2, 0) is 4.79 Å². The van der Waals surface area contributed by atoms with Crippen LogP contribution in [0.25, 0.3) is 0 Å². The Hall–Kier alpha value is 0.680. The lowest BCUT2D eigenvalue weighted by Crippen LogP contribution is -2.27. The van der Waals surface area contributed by atoms with E-state index in [2.05, 4.69) is 74.7 Å². The van der Waals surface area contributed by atoms with Crippen molar-refractivity contribution in [2.45, 2.75) is 103 Å². The van der Waals surface area contributed by atoms with Gasteiger partial charge in [0, 0.05) is 3.57 Å². The summed E-state index contributed by atoms with van der Waals surface area (Å²) in [5.41, 5.74) is 0. The highest BCUT2D eigenvalue weighted by molar-refractivity contribution is 14.1. The molecule has 166 valence electrons. The van der Waals surface area contributed by atoms with Crippen molar-refractivity contribution < 1.29 is 14.6 Å². The van der Waals surface area contributed by atoms with Crippen LogP contribution in [0.2, 0.25) is 0 Å². The number of ether oxygens (including phenoxy) is 1. The molecule has 29 heavy (non-hydrogen) atoms. The summed E-state index contributed by atoms with van der Waals surface area (Å²) in [6, 6.07) is 4.03. The fraction of sp³-hybridized carbons (Fsp3) is 0.696. The van der Waals surface area contributed by atoms with E-state index in [-0.39, 0.29) is 0 Å². The van der Waals surface area contributed by atoms with Crippen LogP contribution in [0.15, 0.2) is 12.1 Å². The molecule has 1 aromatic carbocycles. The van der Waals surface area contributed by atoms with E-state index in [9.17, 15) is 9.90 Å². The first-order valence-electron chi connectivity index (χ1n) is 11.0. The number of unbranched alkanes of at least 4 members (excludes halogenated alkanes) is 12. The molecule has 6 heteroatoms. The number of aliphatic carboxylic acids is 1. The van der Waals surface area contributed by atoms with E-state index < -0.39 is 12.1 Å². The van der Waals surface area contributed by atoms with Gasteiger partial charge in [-0.25, -0.2) is 4.79 Å². The molecule has 3 nitrogen and oxygen atoms in total. The molecule has 1 rings (SSSR count). The predicted molar refractivity (Wildman–Crippen MR) is 147 cm³/mol. The fourth-order valence-corrected chi connectivity index (χ4v) is 7.20. The number of hydrogen-bond acceptors (Lipinski definition) is 2. The van der Waals surface area contributed by atoms with Crippen molar-refractivity contribution >= 4 is 73.7 Å². The summed E-state index contributed by atoms with van der Waals surface area (Å²) in [4.78, 5) is 11.6. The van der Waals surface area contributed by atoms with Crippen LogP contribution in [-0.4, -0.2) is 17.2 Å². The Kier molecular flexibility index (Phi) is 16.5. The van der Waals surface area contributed by atoms with Crippen molar-refractivity contribution in [1.29, 1.82) is 0 Å². The number of carbonyl (C=O) groups is 1. The first-order chi connectivity index (χ1) is 14.0. The molecule has 0 aliphatic carbocycles. The molecule has 1 aromatic rings. The monoisotopic (exact) mass is 740 g/mol. The SMILES string of the molecule is CCCCCCCCCCCCCCCC(Oc1c(I)cc(I)cc1I)C(=O)O. The first kappa shape index (κ1) is 27.7. The zero-order valence-electron chi connectivity index (χ0n) is 17.5. The van der Waals surface area contributed by atoms with Gasteiger partial charge in [-0.3, -0.25) is 0 Å². The summed E-state index contributed by atoms with van der Waals surface area (Å²) in [6.07, 6.45) is 16.6. The highest BCUT2D eigenvalue weighted by Crippen LogP contribution is 2.31. The topological polar surface area (TPSA) is 46.5 Å². The number of hydrogen-bond donors (Lipinski definition) is 1. The Morgan fingerprint density at radius 2 is 1.24 bits per heavy atom. The van der Waals surface area contributed by atoms with Gasteiger partial charge >= 0.3 is 5.97 Å². The smallest absolute Gasteiger partial charge is 0.344 e. The maximum Gasteiger partial charge on any atom is 0.344 e. The summed E-state index contributed by atoms with van der Waals surface area (Å²) >= 11 is 6.70. The summed E-state index contributed by atoms with van der Waals surface area (Å²) in [5.74, 6) is -0.164. The molecule has 1 unspecified atom stereocenters. The summed E-state index contributed by atoms with van der Waals surface area (Å²) in [5, 5.41) is 9.53. The number of carboxylic acids is 1. The third-order valence-corrected chi connectivity index (χ3v) is 7.29. The minimum absolute atomic E-state index is 0.575. The molecule has 0 radical (unpaired) electrons. The van der Waals surface area contributed by atoms with Crippen LogP contribution < -0.4 is 4.74 Å². The highest BCUT2D eigenvalue weighted by atomic mass is 127. The van der Waals surface area contributed by atoms with E-state index in [0.29, 0.717) is 12.2 Å². The Labute approximate surface area is 217 Å². The lowest BCUT2D eigenvalue weighted by atomic mass is 10.0. The Morgan fingerprint density at radius 1 is 0.828 bits per heavy atom. The average molecular weight is 740 g/mol. The Bertz CT molecular complexity index is 570. The normalized spacial score (nSPS) is 12.1. The van der Waals surface area contributed by atoms with Gasteiger partial charge in [0.05, 0.1) is 7.14 Å². The van der Waals surface area contributed by atoms with E-state index in [4.69, 9.17) is 4.74 Å². The van der Waals surface area contributed by atoms with Crippen LogP contribution >= 0.6 is 67.8 Å². The Morgan fingerprint density at radius 3 is 1.66 bits per heavy atom. The molecule has 0 saturated carbocycles. The van der Waals surface area contributed by atoms with E-state index in [1.165, 1.54) is 70.6 Å². The molecule has 0 amide bonds. The third-order valence-electron chi connectivity index (χ3n) is 5.07. The molecule has 0 aromatic heterocycles. The minimum atomic E-state index is -0.867. The van der Waals surface area contributed by atoms with Crippen molar-refractivity contribution in [3.05, 3.63) is 22.8 Å². The zero-order chi connectivity index (χ0) is 21.5. The van der Waals surface area contributed by atoms with Gasteiger partial charge in [0.25, 0.3) is 0 Å². The van der Waals surface area contributed by atoms with Gasteiger partial charge < -0.3 is 9.84 Å². The van der Waals surface area contributed by atoms with Crippen molar-refractivity contribution in [3.8, 4) is 5.75 Å². The molecule has 0 saturated heterocycles. The maximum absolute atomic E-state index is 11.6. The quantitative estimate of drug-likeness (QED) is 0.128. The predicted octanol–water partition coefficient (Wildman–Crippen LogP) is 8.81. The summed E-state index contributed by atoms with van der Waals surface area (Å²) in [6.45, 7) is 2.26. The summed E-state index contributed by atoms with van der Waals surface area (Å²) in [7, 11) is 0. The largest absolute Gasteiger partial charge is 0.479 e. The van der Waals surface area contributed by atoms with Crippen molar-refractivity contribution in [2.75, 3.05) is 0 Å². The van der Waals surface area contributed by atoms with Gasteiger partial charge in [0.1, 0.15) is 5.75 Å². The first-order valence-corrected chi connectivity index (χ1v) is 14.2. The molecule has 1 N–H and O–H groups in total. The maximum atomic E-state index is 11.6. The number of halogens is 3. The highest BCUT2D eigenvalue weighted by Gasteiger charge is 2.21. The van der Waals surface area contributed by atoms with Crippen LogP contribution in [0.4, 0.5) is 0 Å². The zero-order valence-corrected chi connectivity index (χ0v) is 24.0. The third kappa shape index (κ3) is 13.0. The van der Waals surface area contributed by atoms with Crippen LogP contribution in [0.3, 0.4) is 0 Å². The molecule has 0 heterocycles. The van der Waals surface area contributed by atoms with Gasteiger partial charge in [-0.05, 0) is 92.7 Å². The molecule has 0 aliphatic rings. The molecule has 0 bridgehead atoms. The van der Waals surface area contributed by atoms with Gasteiger partial charge in [-0.2, -0.15) is 0 Å². The number of rotatable bonds is 17. The molecule has 0 spiro atoms. The molecular weight excluding hydrogens is 705 g/mol. The van der Waals surface area contributed by atoms with Gasteiger partial charge in [-0.1, -0.05) is 84.0 Å². The summed E-state index contributed by atoms with van der Waals surface area (Å²) < 4.78 is 8.95. The second-order valence-corrected chi connectivity index (χ2v) is 11.2. The minimum Gasteiger partial charge on any atom is -0.479 e. The van der Waals surface area contributed by atoms with Gasteiger partial charge in [0.15, 0.2) is 6.10 Å². The molecule has 1 atom stereocenters. The Balaban J connectivity index is 2.15. The standard InChI is InChI=1S/C23H35I3O3/c1-2-3-4-5-6-7-8-9-10-11-12-13-14-15-21(23(27)28)29-22-19(25)16-18(24)17-20(22)26/h16-17,21H,2-15H2,1H3,(H,27,28). The van der Waals surface area contributed by atoms with Crippen LogP contribution in [0.5, 0.6) is 5.75 Å². The second-order valence-electron chi connectivity index (χ2n) is 7.67. The molecule has 0 fully saturated rings.